The monoisotopic (exact) mass is 374 g/mol. The molecule has 1 aromatic heterocycles. The Kier molecular flexibility index (Phi) is 6.41. The van der Waals surface area contributed by atoms with Crippen LogP contribution in [0.25, 0.3) is 11.0 Å². The summed E-state index contributed by atoms with van der Waals surface area (Å²) in [5, 5.41) is 2.85. The molecule has 0 radical (unpaired) electrons. The summed E-state index contributed by atoms with van der Waals surface area (Å²) in [5.41, 5.74) is -0.0209. The molecule has 146 valence electrons. The zero-order valence-electron chi connectivity index (χ0n) is 15.6. The largest absolute Gasteiger partial charge is 0.379 e. The van der Waals surface area contributed by atoms with E-state index in [0.29, 0.717) is 24.1 Å². The summed E-state index contributed by atoms with van der Waals surface area (Å²) in [6.45, 7) is 6.86. The van der Waals surface area contributed by atoms with Crippen molar-refractivity contribution in [1.82, 2.24) is 19.4 Å². The highest BCUT2D eigenvalue weighted by molar-refractivity contribution is 5.80. The number of amides is 1. The number of nitrogens with one attached hydrogen (secondary N) is 1. The summed E-state index contributed by atoms with van der Waals surface area (Å²) >= 11 is 0. The Labute approximate surface area is 157 Å². The zero-order chi connectivity index (χ0) is 19.2. The van der Waals surface area contributed by atoms with Gasteiger partial charge in [-0.2, -0.15) is 0 Å². The topological polar surface area (TPSA) is 85.6 Å². The molecule has 0 saturated carbocycles. The number of morpholine rings is 1. The molecule has 0 aliphatic carbocycles. The van der Waals surface area contributed by atoms with Gasteiger partial charge in [-0.3, -0.25) is 23.9 Å². The first kappa shape index (κ1) is 19.3. The molecule has 8 nitrogen and oxygen atoms in total. The van der Waals surface area contributed by atoms with Crippen molar-refractivity contribution in [1.29, 1.82) is 0 Å². The maximum Gasteiger partial charge on any atom is 0.317 e. The molecule has 1 N–H and O–H groups in total. The van der Waals surface area contributed by atoms with Gasteiger partial charge in [0.05, 0.1) is 24.2 Å². The van der Waals surface area contributed by atoms with Crippen LogP contribution in [-0.4, -0.2) is 59.3 Å². The molecule has 1 fully saturated rings. The number of carbonyl (C=O) groups is 1. The van der Waals surface area contributed by atoms with Crippen molar-refractivity contribution in [2.45, 2.75) is 26.4 Å². The van der Waals surface area contributed by atoms with Gasteiger partial charge in [0.2, 0.25) is 5.91 Å². The van der Waals surface area contributed by atoms with Crippen LogP contribution >= 0.6 is 0 Å². The molecule has 0 spiro atoms. The predicted octanol–water partition coefficient (Wildman–Crippen LogP) is 0.0216. The van der Waals surface area contributed by atoms with Crippen molar-refractivity contribution in [2.24, 2.45) is 0 Å². The Balaban J connectivity index is 1.65. The fraction of sp³-hybridized carbons (Fsp3) is 0.526. The average molecular weight is 374 g/mol. The molecule has 1 amide bonds. The van der Waals surface area contributed by atoms with Crippen LogP contribution in [0, 0.1) is 0 Å². The number of hydrogen-bond donors (Lipinski definition) is 1. The fourth-order valence-electron chi connectivity index (χ4n) is 3.40. The molecule has 1 aliphatic rings. The van der Waals surface area contributed by atoms with Gasteiger partial charge in [0.25, 0.3) is 0 Å². The van der Waals surface area contributed by atoms with Crippen LogP contribution in [-0.2, 0) is 22.6 Å². The number of aromatic nitrogens is 2. The molecule has 0 atom stereocenters. The van der Waals surface area contributed by atoms with Crippen molar-refractivity contribution < 1.29 is 9.53 Å². The maximum atomic E-state index is 12.5. The normalized spacial score (nSPS) is 15.1. The summed E-state index contributed by atoms with van der Waals surface area (Å²) in [5.74, 6) is -0.266. The van der Waals surface area contributed by atoms with Crippen LogP contribution < -0.4 is 16.4 Å². The van der Waals surface area contributed by atoms with Crippen molar-refractivity contribution >= 4 is 16.9 Å². The Hall–Kier alpha value is -2.45. The molecule has 0 unspecified atom stereocenters. The fourth-order valence-corrected chi connectivity index (χ4v) is 3.40. The molecule has 1 aliphatic heterocycles. The van der Waals surface area contributed by atoms with Crippen LogP contribution in [0.1, 0.15) is 13.3 Å². The van der Waals surface area contributed by atoms with Crippen molar-refractivity contribution in [2.75, 3.05) is 39.4 Å². The standard InChI is InChI=1S/C19H26N4O4/c1-2-22-15-6-3-4-7-16(15)23(19(26)18(22)25)14-17(24)20-8-5-9-21-10-12-27-13-11-21/h3-4,6-7H,2,5,8-14H2,1H3,(H,20,24). The molecular formula is C19H26N4O4. The van der Waals surface area contributed by atoms with E-state index in [-0.39, 0.29) is 12.5 Å². The third-order valence-electron chi connectivity index (χ3n) is 4.83. The second-order valence-corrected chi connectivity index (χ2v) is 6.59. The van der Waals surface area contributed by atoms with Gasteiger partial charge in [-0.1, -0.05) is 12.1 Å². The minimum atomic E-state index is -0.668. The Bertz CT molecular complexity index is 912. The van der Waals surface area contributed by atoms with E-state index in [2.05, 4.69) is 10.2 Å². The molecule has 8 heteroatoms. The van der Waals surface area contributed by atoms with Gasteiger partial charge >= 0.3 is 11.1 Å². The number of nitrogens with zero attached hydrogens (tertiary/aromatic N) is 3. The summed E-state index contributed by atoms with van der Waals surface area (Å²) in [7, 11) is 0. The number of ether oxygens (including phenoxy) is 1. The smallest absolute Gasteiger partial charge is 0.317 e. The summed E-state index contributed by atoms with van der Waals surface area (Å²) in [6, 6.07) is 7.15. The van der Waals surface area contributed by atoms with Crippen molar-refractivity contribution in [3.8, 4) is 0 Å². The van der Waals surface area contributed by atoms with Crippen molar-refractivity contribution in [3.63, 3.8) is 0 Å². The van der Waals surface area contributed by atoms with Gasteiger partial charge in [0.1, 0.15) is 6.54 Å². The predicted molar refractivity (Wildman–Crippen MR) is 103 cm³/mol. The Morgan fingerprint density at radius 2 is 1.70 bits per heavy atom. The molecule has 1 aromatic carbocycles. The molecule has 0 bridgehead atoms. The van der Waals surface area contributed by atoms with Crippen LogP contribution in [0.4, 0.5) is 0 Å². The lowest BCUT2D eigenvalue weighted by Crippen LogP contribution is -2.44. The molecular weight excluding hydrogens is 348 g/mol. The number of aryl methyl sites for hydroxylation is 1. The number of benzene rings is 1. The highest BCUT2D eigenvalue weighted by atomic mass is 16.5. The first-order valence-electron chi connectivity index (χ1n) is 9.41. The highest BCUT2D eigenvalue weighted by Crippen LogP contribution is 2.10. The van der Waals surface area contributed by atoms with Gasteiger partial charge in [0.15, 0.2) is 0 Å². The lowest BCUT2D eigenvalue weighted by atomic mass is 10.2. The average Bonchev–Trinajstić information content (AvgIpc) is 2.70. The van der Waals surface area contributed by atoms with Crippen LogP contribution in [0.2, 0.25) is 0 Å². The molecule has 27 heavy (non-hydrogen) atoms. The van der Waals surface area contributed by atoms with Gasteiger partial charge in [0, 0.05) is 26.2 Å². The van der Waals surface area contributed by atoms with E-state index >= 15 is 0 Å². The zero-order valence-corrected chi connectivity index (χ0v) is 15.6. The second-order valence-electron chi connectivity index (χ2n) is 6.59. The number of fused-ring (bicyclic) bond motifs is 1. The van der Waals surface area contributed by atoms with Crippen LogP contribution in [0.3, 0.4) is 0 Å². The van der Waals surface area contributed by atoms with Gasteiger partial charge < -0.3 is 14.6 Å². The summed E-state index contributed by atoms with van der Waals surface area (Å²) < 4.78 is 8.02. The van der Waals surface area contributed by atoms with E-state index in [1.165, 1.54) is 9.13 Å². The quantitative estimate of drug-likeness (QED) is 0.546. The maximum absolute atomic E-state index is 12.5. The van der Waals surface area contributed by atoms with E-state index in [9.17, 15) is 14.4 Å². The molecule has 3 rings (SSSR count). The molecule has 2 heterocycles. The van der Waals surface area contributed by atoms with Crippen molar-refractivity contribution in [3.05, 3.63) is 45.0 Å². The van der Waals surface area contributed by atoms with E-state index in [0.717, 1.165) is 39.3 Å². The van der Waals surface area contributed by atoms with E-state index in [4.69, 9.17) is 4.74 Å². The first-order valence-corrected chi connectivity index (χ1v) is 9.41. The molecule has 2 aromatic rings. The van der Waals surface area contributed by atoms with Gasteiger partial charge in [-0.05, 0) is 32.0 Å². The summed E-state index contributed by atoms with van der Waals surface area (Å²) in [4.78, 5) is 39.4. The van der Waals surface area contributed by atoms with E-state index < -0.39 is 11.1 Å². The number of hydrogen-bond acceptors (Lipinski definition) is 5. The van der Waals surface area contributed by atoms with Crippen LogP contribution in [0.5, 0.6) is 0 Å². The minimum absolute atomic E-state index is 0.156. The lowest BCUT2D eigenvalue weighted by molar-refractivity contribution is -0.121. The third kappa shape index (κ3) is 4.45. The van der Waals surface area contributed by atoms with E-state index in [1.54, 1.807) is 18.2 Å². The van der Waals surface area contributed by atoms with Gasteiger partial charge in [-0.15, -0.1) is 0 Å². The number of carbonyl (C=O) groups excluding carboxylic acids is 1. The highest BCUT2D eigenvalue weighted by Gasteiger charge is 2.14. The second kappa shape index (κ2) is 8.96. The number of rotatable bonds is 7. The lowest BCUT2D eigenvalue weighted by Gasteiger charge is -2.26. The Morgan fingerprint density at radius 1 is 1.07 bits per heavy atom. The Morgan fingerprint density at radius 3 is 2.37 bits per heavy atom. The molecule has 1 saturated heterocycles. The third-order valence-corrected chi connectivity index (χ3v) is 4.83. The first-order chi connectivity index (χ1) is 13.1. The van der Waals surface area contributed by atoms with Crippen LogP contribution in [0.15, 0.2) is 33.9 Å². The number of para-hydroxylation sites is 2. The van der Waals surface area contributed by atoms with E-state index in [1.807, 2.05) is 13.0 Å². The van der Waals surface area contributed by atoms with Gasteiger partial charge in [-0.25, -0.2) is 0 Å². The summed E-state index contributed by atoms with van der Waals surface area (Å²) in [6.07, 6.45) is 0.832. The minimum Gasteiger partial charge on any atom is -0.379 e. The SMILES string of the molecule is CCn1c(=O)c(=O)n(CC(=O)NCCCN2CCOCC2)c2ccccc21.